The standard InChI is InChI=1S/C10H23N3O3S/c1-9-8-16-10(2)7-13(9)17(14,15)12(3)6-4-5-11/h9-10H,4-8,11H2,1-3H3. The highest BCUT2D eigenvalue weighted by Crippen LogP contribution is 2.18. The molecule has 2 unspecified atom stereocenters. The predicted octanol–water partition coefficient (Wildman–Crippen LogP) is -0.379. The molecule has 0 spiro atoms. The first-order valence-electron chi connectivity index (χ1n) is 5.94. The van der Waals surface area contributed by atoms with Crippen LogP contribution >= 0.6 is 0 Å². The molecule has 2 atom stereocenters. The van der Waals surface area contributed by atoms with Gasteiger partial charge in [0, 0.05) is 26.2 Å². The zero-order valence-electron chi connectivity index (χ0n) is 10.8. The molecule has 0 aromatic heterocycles. The van der Waals surface area contributed by atoms with Crippen LogP contribution in [-0.4, -0.2) is 62.5 Å². The lowest BCUT2D eigenvalue weighted by molar-refractivity contribution is -0.0188. The number of nitrogens with two attached hydrogens (primary N) is 1. The van der Waals surface area contributed by atoms with Crippen LogP contribution in [0.5, 0.6) is 0 Å². The highest BCUT2D eigenvalue weighted by molar-refractivity contribution is 7.86. The molecule has 2 N–H and O–H groups in total. The van der Waals surface area contributed by atoms with Gasteiger partial charge in [-0.25, -0.2) is 0 Å². The van der Waals surface area contributed by atoms with Gasteiger partial charge in [-0.1, -0.05) is 0 Å². The molecule has 0 amide bonds. The second kappa shape index (κ2) is 6.10. The summed E-state index contributed by atoms with van der Waals surface area (Å²) in [5.41, 5.74) is 5.39. The van der Waals surface area contributed by atoms with Crippen LogP contribution in [0.3, 0.4) is 0 Å². The van der Waals surface area contributed by atoms with Crippen molar-refractivity contribution in [3.8, 4) is 0 Å². The topological polar surface area (TPSA) is 75.9 Å². The van der Waals surface area contributed by atoms with Crippen LogP contribution in [0.4, 0.5) is 0 Å². The fraction of sp³-hybridized carbons (Fsp3) is 1.00. The van der Waals surface area contributed by atoms with Gasteiger partial charge in [-0.05, 0) is 26.8 Å². The molecule has 102 valence electrons. The highest BCUT2D eigenvalue weighted by Gasteiger charge is 2.35. The van der Waals surface area contributed by atoms with Gasteiger partial charge in [-0.15, -0.1) is 0 Å². The molecule has 1 fully saturated rings. The summed E-state index contributed by atoms with van der Waals surface area (Å²) in [5.74, 6) is 0. The maximum atomic E-state index is 12.3. The summed E-state index contributed by atoms with van der Waals surface area (Å²) in [5, 5.41) is 0. The summed E-state index contributed by atoms with van der Waals surface area (Å²) in [4.78, 5) is 0. The number of rotatable bonds is 5. The molecule has 6 nitrogen and oxygen atoms in total. The Kier molecular flexibility index (Phi) is 5.33. The van der Waals surface area contributed by atoms with Crippen LogP contribution in [0.1, 0.15) is 20.3 Å². The number of hydrogen-bond acceptors (Lipinski definition) is 4. The molecule has 0 aliphatic carbocycles. The Bertz CT molecular complexity index is 334. The molecule has 0 aromatic carbocycles. The molecule has 1 saturated heterocycles. The molecule has 1 aliphatic heterocycles. The first kappa shape index (κ1) is 14.8. The Morgan fingerprint density at radius 2 is 2.12 bits per heavy atom. The van der Waals surface area contributed by atoms with Gasteiger partial charge in [0.2, 0.25) is 0 Å². The highest BCUT2D eigenvalue weighted by atomic mass is 32.2. The lowest BCUT2D eigenvalue weighted by Crippen LogP contribution is -2.54. The van der Waals surface area contributed by atoms with E-state index >= 15 is 0 Å². The van der Waals surface area contributed by atoms with Crippen molar-refractivity contribution in [3.05, 3.63) is 0 Å². The fourth-order valence-electron chi connectivity index (χ4n) is 1.80. The second-order valence-electron chi connectivity index (χ2n) is 4.53. The van der Waals surface area contributed by atoms with E-state index in [4.69, 9.17) is 10.5 Å². The largest absolute Gasteiger partial charge is 0.375 e. The van der Waals surface area contributed by atoms with Gasteiger partial charge >= 0.3 is 0 Å². The van der Waals surface area contributed by atoms with Crippen molar-refractivity contribution in [1.29, 1.82) is 0 Å². The molecule has 0 bridgehead atoms. The summed E-state index contributed by atoms with van der Waals surface area (Å²) in [6, 6.07) is -0.114. The van der Waals surface area contributed by atoms with E-state index in [1.54, 1.807) is 7.05 Å². The first-order valence-corrected chi connectivity index (χ1v) is 7.34. The first-order chi connectivity index (χ1) is 7.89. The second-order valence-corrected chi connectivity index (χ2v) is 6.52. The van der Waals surface area contributed by atoms with E-state index < -0.39 is 10.2 Å². The van der Waals surface area contributed by atoms with Crippen molar-refractivity contribution in [2.24, 2.45) is 5.73 Å². The molecule has 1 aliphatic rings. The zero-order valence-corrected chi connectivity index (χ0v) is 11.6. The number of hydrogen-bond donors (Lipinski definition) is 1. The van der Waals surface area contributed by atoms with E-state index in [0.717, 1.165) is 0 Å². The van der Waals surface area contributed by atoms with Crippen molar-refractivity contribution in [3.63, 3.8) is 0 Å². The third-order valence-corrected chi connectivity index (χ3v) is 4.99. The van der Waals surface area contributed by atoms with Crippen LogP contribution < -0.4 is 5.73 Å². The predicted molar refractivity (Wildman–Crippen MR) is 66.8 cm³/mol. The summed E-state index contributed by atoms with van der Waals surface area (Å²) >= 11 is 0. The lowest BCUT2D eigenvalue weighted by Gasteiger charge is -2.37. The normalized spacial score (nSPS) is 27.6. The Morgan fingerprint density at radius 3 is 2.71 bits per heavy atom. The number of ether oxygens (including phenoxy) is 1. The van der Waals surface area contributed by atoms with E-state index in [9.17, 15) is 8.42 Å². The van der Waals surface area contributed by atoms with Gasteiger partial charge in [0.05, 0.1) is 12.7 Å². The molecular formula is C10H23N3O3S. The van der Waals surface area contributed by atoms with Crippen molar-refractivity contribution >= 4 is 10.2 Å². The summed E-state index contributed by atoms with van der Waals surface area (Å²) < 4.78 is 32.9. The van der Waals surface area contributed by atoms with Crippen molar-refractivity contribution in [2.75, 3.05) is 33.3 Å². The average Bonchev–Trinajstić information content (AvgIpc) is 2.28. The molecular weight excluding hydrogens is 242 g/mol. The minimum atomic E-state index is -3.39. The minimum absolute atomic E-state index is 0.0520. The summed E-state index contributed by atoms with van der Waals surface area (Å²) in [6.07, 6.45) is 0.619. The Morgan fingerprint density at radius 1 is 1.47 bits per heavy atom. The van der Waals surface area contributed by atoms with E-state index in [-0.39, 0.29) is 12.1 Å². The number of nitrogens with zero attached hydrogens (tertiary/aromatic N) is 2. The maximum absolute atomic E-state index is 12.3. The van der Waals surface area contributed by atoms with Gasteiger partial charge < -0.3 is 10.5 Å². The van der Waals surface area contributed by atoms with Crippen molar-refractivity contribution in [1.82, 2.24) is 8.61 Å². The monoisotopic (exact) mass is 265 g/mol. The van der Waals surface area contributed by atoms with E-state index in [2.05, 4.69) is 0 Å². The van der Waals surface area contributed by atoms with Gasteiger partial charge in [0.25, 0.3) is 10.2 Å². The van der Waals surface area contributed by atoms with Gasteiger partial charge in [-0.2, -0.15) is 17.0 Å². The summed E-state index contributed by atoms with van der Waals surface area (Å²) in [6.45, 7) is 5.56. The smallest absolute Gasteiger partial charge is 0.282 e. The molecule has 0 radical (unpaired) electrons. The molecule has 0 saturated carbocycles. The van der Waals surface area contributed by atoms with Gasteiger partial charge in [-0.3, -0.25) is 0 Å². The van der Waals surface area contributed by atoms with E-state index in [0.29, 0.717) is 32.7 Å². The summed E-state index contributed by atoms with van der Waals surface area (Å²) in [7, 11) is -1.79. The minimum Gasteiger partial charge on any atom is -0.375 e. The third kappa shape index (κ3) is 3.62. The molecule has 17 heavy (non-hydrogen) atoms. The fourth-order valence-corrected chi connectivity index (χ4v) is 3.43. The third-order valence-electron chi connectivity index (χ3n) is 2.92. The Balaban J connectivity index is 2.73. The van der Waals surface area contributed by atoms with Crippen LogP contribution in [-0.2, 0) is 14.9 Å². The Hall–Kier alpha value is -0.210. The van der Waals surface area contributed by atoms with Crippen LogP contribution in [0.2, 0.25) is 0 Å². The van der Waals surface area contributed by atoms with Crippen LogP contribution in [0.15, 0.2) is 0 Å². The van der Waals surface area contributed by atoms with Crippen LogP contribution in [0, 0.1) is 0 Å². The molecule has 0 aromatic rings. The van der Waals surface area contributed by atoms with E-state index in [1.807, 2.05) is 13.8 Å². The van der Waals surface area contributed by atoms with Gasteiger partial charge in [0.1, 0.15) is 0 Å². The van der Waals surface area contributed by atoms with Crippen LogP contribution in [0.25, 0.3) is 0 Å². The number of morpholine rings is 1. The van der Waals surface area contributed by atoms with Crippen molar-refractivity contribution < 1.29 is 13.2 Å². The Labute approximate surface area is 104 Å². The molecule has 1 heterocycles. The quantitative estimate of drug-likeness (QED) is 0.735. The average molecular weight is 265 g/mol. The molecule has 7 heteroatoms. The van der Waals surface area contributed by atoms with Gasteiger partial charge in [0.15, 0.2) is 0 Å². The van der Waals surface area contributed by atoms with E-state index in [1.165, 1.54) is 8.61 Å². The lowest BCUT2D eigenvalue weighted by atomic mass is 10.2. The maximum Gasteiger partial charge on any atom is 0.282 e. The van der Waals surface area contributed by atoms with Crippen molar-refractivity contribution in [2.45, 2.75) is 32.4 Å². The molecule has 1 rings (SSSR count). The zero-order chi connectivity index (χ0) is 13.1. The SMILES string of the molecule is CC1CN(S(=O)(=O)N(C)CCCN)C(C)CO1.